The largest absolute Gasteiger partial charge is 0.321 e. The number of thiazole rings is 1. The standard InChI is InChI=1S/C15H20FN3S/c1-10(2)14-13(9-17-3)20-15(18-14)19(4)12-7-5-11(16)6-8-12/h5-8,10,17H,9H2,1-4H3. The van der Waals surface area contributed by atoms with Crippen LogP contribution in [0.4, 0.5) is 15.2 Å². The highest BCUT2D eigenvalue weighted by atomic mass is 32.1. The number of hydrogen-bond acceptors (Lipinski definition) is 4. The normalized spacial score (nSPS) is 11.1. The minimum absolute atomic E-state index is 0.222. The first-order chi connectivity index (χ1) is 9.52. The zero-order chi connectivity index (χ0) is 14.7. The SMILES string of the molecule is CNCc1sc(N(C)c2ccc(F)cc2)nc1C(C)C. The van der Waals surface area contributed by atoms with Gasteiger partial charge >= 0.3 is 0 Å². The summed E-state index contributed by atoms with van der Waals surface area (Å²) in [4.78, 5) is 7.99. The van der Waals surface area contributed by atoms with Crippen molar-refractivity contribution in [2.75, 3.05) is 19.0 Å². The maximum absolute atomic E-state index is 13.0. The van der Waals surface area contributed by atoms with Crippen molar-refractivity contribution >= 4 is 22.2 Å². The predicted octanol–water partition coefficient (Wildman–Crippen LogP) is 3.89. The molecule has 0 aliphatic rings. The van der Waals surface area contributed by atoms with E-state index in [-0.39, 0.29) is 5.82 Å². The van der Waals surface area contributed by atoms with Gasteiger partial charge in [0, 0.05) is 24.2 Å². The highest BCUT2D eigenvalue weighted by Gasteiger charge is 2.16. The molecule has 0 aliphatic carbocycles. The monoisotopic (exact) mass is 293 g/mol. The fraction of sp³-hybridized carbons (Fsp3) is 0.400. The van der Waals surface area contributed by atoms with Gasteiger partial charge in [-0.1, -0.05) is 25.2 Å². The van der Waals surface area contributed by atoms with E-state index in [1.165, 1.54) is 17.0 Å². The average Bonchev–Trinajstić information content (AvgIpc) is 2.83. The number of anilines is 2. The van der Waals surface area contributed by atoms with Gasteiger partial charge in [0.2, 0.25) is 0 Å². The van der Waals surface area contributed by atoms with Crippen LogP contribution < -0.4 is 10.2 Å². The van der Waals surface area contributed by atoms with Crippen molar-refractivity contribution < 1.29 is 4.39 Å². The second kappa shape index (κ2) is 6.33. The van der Waals surface area contributed by atoms with Gasteiger partial charge in [-0.15, -0.1) is 0 Å². The molecule has 0 bridgehead atoms. The van der Waals surface area contributed by atoms with E-state index < -0.39 is 0 Å². The number of halogens is 1. The van der Waals surface area contributed by atoms with Gasteiger partial charge in [-0.05, 0) is 37.2 Å². The van der Waals surface area contributed by atoms with E-state index in [9.17, 15) is 4.39 Å². The number of nitrogens with zero attached hydrogens (tertiary/aromatic N) is 2. The molecule has 1 N–H and O–H groups in total. The smallest absolute Gasteiger partial charge is 0.190 e. The van der Waals surface area contributed by atoms with Gasteiger partial charge in [0.25, 0.3) is 0 Å². The van der Waals surface area contributed by atoms with E-state index in [0.717, 1.165) is 23.1 Å². The summed E-state index contributed by atoms with van der Waals surface area (Å²) >= 11 is 1.68. The Morgan fingerprint density at radius 1 is 1.30 bits per heavy atom. The summed E-state index contributed by atoms with van der Waals surface area (Å²) in [6.45, 7) is 5.12. The van der Waals surface area contributed by atoms with Gasteiger partial charge in [0.05, 0.1) is 5.69 Å². The number of nitrogens with one attached hydrogen (secondary N) is 1. The Morgan fingerprint density at radius 2 is 1.95 bits per heavy atom. The van der Waals surface area contributed by atoms with Crippen molar-refractivity contribution in [3.05, 3.63) is 40.7 Å². The number of aromatic nitrogens is 1. The van der Waals surface area contributed by atoms with E-state index in [4.69, 9.17) is 4.98 Å². The van der Waals surface area contributed by atoms with Crippen molar-refractivity contribution in [1.82, 2.24) is 10.3 Å². The predicted molar refractivity (Wildman–Crippen MR) is 83.4 cm³/mol. The summed E-state index contributed by atoms with van der Waals surface area (Å²) in [5.74, 6) is 0.171. The zero-order valence-electron chi connectivity index (χ0n) is 12.3. The maximum atomic E-state index is 13.0. The molecule has 0 saturated heterocycles. The Labute approximate surface area is 123 Å². The van der Waals surface area contributed by atoms with Crippen LogP contribution in [-0.4, -0.2) is 19.1 Å². The molecule has 0 fully saturated rings. The summed E-state index contributed by atoms with van der Waals surface area (Å²) in [6, 6.07) is 6.47. The lowest BCUT2D eigenvalue weighted by molar-refractivity contribution is 0.628. The molecule has 3 nitrogen and oxygen atoms in total. The van der Waals surface area contributed by atoms with Crippen LogP contribution >= 0.6 is 11.3 Å². The van der Waals surface area contributed by atoms with Crippen molar-refractivity contribution in [3.8, 4) is 0 Å². The molecule has 0 aliphatic heterocycles. The van der Waals surface area contributed by atoms with Crippen molar-refractivity contribution in [3.63, 3.8) is 0 Å². The first-order valence-electron chi connectivity index (χ1n) is 6.66. The molecule has 20 heavy (non-hydrogen) atoms. The lowest BCUT2D eigenvalue weighted by Gasteiger charge is -2.15. The van der Waals surface area contributed by atoms with Crippen LogP contribution in [0.2, 0.25) is 0 Å². The van der Waals surface area contributed by atoms with E-state index in [1.807, 2.05) is 19.0 Å². The molecule has 0 amide bonds. The third-order valence-electron chi connectivity index (χ3n) is 3.10. The first-order valence-corrected chi connectivity index (χ1v) is 7.48. The number of benzene rings is 1. The lowest BCUT2D eigenvalue weighted by Crippen LogP contribution is -2.09. The third-order valence-corrected chi connectivity index (χ3v) is 4.25. The Balaban J connectivity index is 2.32. The molecule has 0 saturated carbocycles. The van der Waals surface area contributed by atoms with Gasteiger partial charge in [-0.25, -0.2) is 9.37 Å². The Kier molecular flexibility index (Phi) is 4.73. The fourth-order valence-corrected chi connectivity index (χ4v) is 3.22. The van der Waals surface area contributed by atoms with E-state index in [2.05, 4.69) is 19.2 Å². The molecule has 1 heterocycles. The van der Waals surface area contributed by atoms with Crippen LogP contribution in [0.15, 0.2) is 24.3 Å². The Morgan fingerprint density at radius 3 is 2.50 bits per heavy atom. The molecule has 108 valence electrons. The van der Waals surface area contributed by atoms with Crippen LogP contribution in [0, 0.1) is 5.82 Å². The van der Waals surface area contributed by atoms with Crippen LogP contribution in [0.25, 0.3) is 0 Å². The van der Waals surface area contributed by atoms with Crippen molar-refractivity contribution in [1.29, 1.82) is 0 Å². The number of hydrogen-bond donors (Lipinski definition) is 1. The van der Waals surface area contributed by atoms with Gasteiger partial charge in [-0.3, -0.25) is 0 Å². The van der Waals surface area contributed by atoms with Crippen LogP contribution in [-0.2, 0) is 6.54 Å². The van der Waals surface area contributed by atoms with E-state index >= 15 is 0 Å². The molecular formula is C15H20FN3S. The summed E-state index contributed by atoms with van der Waals surface area (Å²) in [6.07, 6.45) is 0. The van der Waals surface area contributed by atoms with Crippen LogP contribution in [0.1, 0.15) is 30.3 Å². The van der Waals surface area contributed by atoms with Crippen molar-refractivity contribution in [2.45, 2.75) is 26.3 Å². The quantitative estimate of drug-likeness (QED) is 0.906. The first kappa shape index (κ1) is 14.9. The lowest BCUT2D eigenvalue weighted by atomic mass is 10.1. The molecule has 0 unspecified atom stereocenters. The summed E-state index contributed by atoms with van der Waals surface area (Å²) in [7, 11) is 3.90. The molecule has 1 aromatic heterocycles. The van der Waals surface area contributed by atoms with Crippen LogP contribution in [0.3, 0.4) is 0 Å². The molecule has 0 radical (unpaired) electrons. The highest BCUT2D eigenvalue weighted by molar-refractivity contribution is 7.15. The molecule has 0 atom stereocenters. The minimum Gasteiger partial charge on any atom is -0.321 e. The van der Waals surface area contributed by atoms with Gasteiger partial charge in [0.15, 0.2) is 5.13 Å². The highest BCUT2D eigenvalue weighted by Crippen LogP contribution is 2.33. The van der Waals surface area contributed by atoms with E-state index in [1.54, 1.807) is 23.5 Å². The topological polar surface area (TPSA) is 28.2 Å². The zero-order valence-corrected chi connectivity index (χ0v) is 13.1. The van der Waals surface area contributed by atoms with Gasteiger partial charge < -0.3 is 10.2 Å². The fourth-order valence-electron chi connectivity index (χ4n) is 2.01. The van der Waals surface area contributed by atoms with Crippen molar-refractivity contribution in [2.24, 2.45) is 0 Å². The molecular weight excluding hydrogens is 273 g/mol. The average molecular weight is 293 g/mol. The summed E-state index contributed by atoms with van der Waals surface area (Å²) in [5.41, 5.74) is 2.07. The number of rotatable bonds is 5. The van der Waals surface area contributed by atoms with Gasteiger partial charge in [0.1, 0.15) is 5.82 Å². The van der Waals surface area contributed by atoms with E-state index in [0.29, 0.717) is 5.92 Å². The Hall–Kier alpha value is -1.46. The van der Waals surface area contributed by atoms with Gasteiger partial charge in [-0.2, -0.15) is 0 Å². The molecule has 1 aromatic carbocycles. The minimum atomic E-state index is -0.222. The molecule has 5 heteroatoms. The molecule has 2 aromatic rings. The third kappa shape index (κ3) is 3.16. The molecule has 2 rings (SSSR count). The second-order valence-corrected chi connectivity index (χ2v) is 6.09. The maximum Gasteiger partial charge on any atom is 0.190 e. The summed E-state index contributed by atoms with van der Waals surface area (Å²) < 4.78 is 13.0. The molecule has 0 spiro atoms. The summed E-state index contributed by atoms with van der Waals surface area (Å²) in [5, 5.41) is 4.12. The van der Waals surface area contributed by atoms with Crippen LogP contribution in [0.5, 0.6) is 0 Å². The Bertz CT molecular complexity index is 563. The second-order valence-electron chi connectivity index (χ2n) is 5.03.